The van der Waals surface area contributed by atoms with Crippen molar-refractivity contribution in [2.24, 2.45) is 11.8 Å². The normalized spacial score (nSPS) is 17.3. The van der Waals surface area contributed by atoms with Crippen LogP contribution in [0.4, 0.5) is 0 Å². The Hall–Kier alpha value is -8.46. The van der Waals surface area contributed by atoms with Gasteiger partial charge in [0.25, 0.3) is 0 Å². The molecule has 2 aromatic heterocycles. The van der Waals surface area contributed by atoms with Gasteiger partial charge in [0.2, 0.25) is 0 Å². The molecule has 2 atom stereocenters. The SMILES string of the molecule is C1=CC2=CC(c3ccc(-c4ccc(-n5c6ccccc6c6ccccc65)cc4)cc3)=CC3=CC=C4C=C(c5ccc(-c6ccc(-n7c8ccccc8c8ccccc87)cc6)cc5)C=C1C4C32. The largest absolute Gasteiger partial charge is 0.309 e. The van der Waals surface area contributed by atoms with E-state index in [-0.39, 0.29) is 0 Å². The molecule has 66 heavy (non-hydrogen) atoms. The smallest absolute Gasteiger partial charge is 0.0541 e. The van der Waals surface area contributed by atoms with Crippen LogP contribution in [0.2, 0.25) is 0 Å². The van der Waals surface area contributed by atoms with Gasteiger partial charge in [-0.15, -0.1) is 0 Å². The fraction of sp³-hybridized carbons (Fsp3) is 0.0312. The zero-order valence-electron chi connectivity index (χ0n) is 36.1. The summed E-state index contributed by atoms with van der Waals surface area (Å²) in [5.41, 5.74) is 22.7. The summed E-state index contributed by atoms with van der Waals surface area (Å²) in [7, 11) is 0. The Kier molecular flexibility index (Phi) is 8.14. The average molecular weight is 839 g/mol. The van der Waals surface area contributed by atoms with Crippen molar-refractivity contribution in [2.75, 3.05) is 0 Å². The maximum atomic E-state index is 2.42. The van der Waals surface area contributed by atoms with Gasteiger partial charge < -0.3 is 9.13 Å². The number of benzene rings is 8. The van der Waals surface area contributed by atoms with E-state index in [9.17, 15) is 0 Å². The predicted molar refractivity (Wildman–Crippen MR) is 277 cm³/mol. The van der Waals surface area contributed by atoms with Gasteiger partial charge in [0.1, 0.15) is 0 Å². The van der Waals surface area contributed by atoms with Gasteiger partial charge in [-0.2, -0.15) is 0 Å². The van der Waals surface area contributed by atoms with E-state index in [2.05, 4.69) is 252 Å². The molecular formula is C64H42N2. The fourth-order valence-electron chi connectivity index (χ4n) is 11.4. The molecule has 4 aliphatic carbocycles. The van der Waals surface area contributed by atoms with Crippen molar-refractivity contribution in [3.63, 3.8) is 0 Å². The maximum absolute atomic E-state index is 2.42. The molecule has 2 nitrogen and oxygen atoms in total. The summed E-state index contributed by atoms with van der Waals surface area (Å²) in [6, 6.07) is 71.0. The number of aromatic nitrogens is 2. The maximum Gasteiger partial charge on any atom is 0.0541 e. The third kappa shape index (κ3) is 5.75. The van der Waals surface area contributed by atoms with Gasteiger partial charge >= 0.3 is 0 Å². The topological polar surface area (TPSA) is 9.86 Å². The highest BCUT2D eigenvalue weighted by Gasteiger charge is 2.38. The molecule has 0 spiro atoms. The lowest BCUT2D eigenvalue weighted by atomic mass is 9.63. The molecule has 0 saturated heterocycles. The molecule has 0 radical (unpaired) electrons. The minimum Gasteiger partial charge on any atom is -0.309 e. The van der Waals surface area contributed by atoms with E-state index < -0.39 is 0 Å². The minimum absolute atomic E-state index is 0.336. The van der Waals surface area contributed by atoms with Crippen LogP contribution >= 0.6 is 0 Å². The van der Waals surface area contributed by atoms with Crippen LogP contribution < -0.4 is 0 Å². The summed E-state index contributed by atoms with van der Waals surface area (Å²) in [4.78, 5) is 0. The van der Waals surface area contributed by atoms with Gasteiger partial charge in [0, 0.05) is 44.8 Å². The number of para-hydroxylation sites is 4. The highest BCUT2D eigenvalue weighted by Crippen LogP contribution is 2.51. The second kappa shape index (κ2) is 14.5. The van der Waals surface area contributed by atoms with Gasteiger partial charge in [-0.1, -0.05) is 194 Å². The highest BCUT2D eigenvalue weighted by molar-refractivity contribution is 6.10. The van der Waals surface area contributed by atoms with E-state index in [1.807, 2.05) is 0 Å². The van der Waals surface area contributed by atoms with Crippen LogP contribution in [0.3, 0.4) is 0 Å². The van der Waals surface area contributed by atoms with E-state index in [1.165, 1.54) is 122 Å². The Balaban J connectivity index is 0.709. The van der Waals surface area contributed by atoms with Crippen molar-refractivity contribution in [2.45, 2.75) is 0 Å². The summed E-state index contributed by atoms with van der Waals surface area (Å²) in [6.07, 6.45) is 19.1. The fourth-order valence-corrected chi connectivity index (χ4v) is 11.4. The molecule has 0 saturated carbocycles. The number of hydrogen-bond acceptors (Lipinski definition) is 0. The molecule has 0 aliphatic heterocycles. The first-order valence-corrected chi connectivity index (χ1v) is 23.1. The zero-order chi connectivity index (χ0) is 43.3. The van der Waals surface area contributed by atoms with Gasteiger partial charge in [-0.05, 0) is 115 Å². The summed E-state index contributed by atoms with van der Waals surface area (Å²) in [6.45, 7) is 0. The molecular weight excluding hydrogens is 797 g/mol. The summed E-state index contributed by atoms with van der Waals surface area (Å²) in [5, 5.41) is 5.13. The molecule has 4 aliphatic rings. The van der Waals surface area contributed by atoms with Gasteiger partial charge in [-0.25, -0.2) is 0 Å². The van der Waals surface area contributed by atoms with Crippen LogP contribution in [0.1, 0.15) is 11.1 Å². The first-order chi connectivity index (χ1) is 32.7. The second-order valence-corrected chi connectivity index (χ2v) is 18.1. The van der Waals surface area contributed by atoms with Crippen molar-refractivity contribution in [1.29, 1.82) is 0 Å². The lowest BCUT2D eigenvalue weighted by molar-refractivity contribution is 0.566. The van der Waals surface area contributed by atoms with Gasteiger partial charge in [0.05, 0.1) is 22.1 Å². The monoisotopic (exact) mass is 838 g/mol. The van der Waals surface area contributed by atoms with Crippen LogP contribution in [0.5, 0.6) is 0 Å². The third-order valence-corrected chi connectivity index (χ3v) is 14.5. The molecule has 2 heterocycles. The number of allylic oxidation sites excluding steroid dienone is 14. The van der Waals surface area contributed by atoms with Crippen LogP contribution in [0, 0.1) is 11.8 Å². The minimum atomic E-state index is 0.336. The molecule has 10 aromatic rings. The van der Waals surface area contributed by atoms with E-state index >= 15 is 0 Å². The Bertz CT molecular complexity index is 3510. The molecule has 0 bridgehead atoms. The van der Waals surface area contributed by atoms with Crippen molar-refractivity contribution in [3.05, 3.63) is 276 Å². The number of hydrogen-bond donors (Lipinski definition) is 0. The zero-order valence-corrected chi connectivity index (χ0v) is 36.1. The van der Waals surface area contributed by atoms with E-state index in [4.69, 9.17) is 0 Å². The van der Waals surface area contributed by atoms with E-state index in [0.29, 0.717) is 11.8 Å². The second-order valence-electron chi connectivity index (χ2n) is 18.1. The van der Waals surface area contributed by atoms with Crippen LogP contribution in [-0.2, 0) is 0 Å². The predicted octanol–water partition coefficient (Wildman–Crippen LogP) is 16.2. The molecule has 8 aromatic carbocycles. The Morgan fingerprint density at radius 1 is 0.258 bits per heavy atom. The number of rotatable bonds is 6. The number of fused-ring (bicyclic) bond motifs is 6. The van der Waals surface area contributed by atoms with Crippen LogP contribution in [0.25, 0.3) is 88.4 Å². The Morgan fingerprint density at radius 2 is 0.545 bits per heavy atom. The first-order valence-electron chi connectivity index (χ1n) is 23.1. The lowest BCUT2D eigenvalue weighted by Crippen LogP contribution is -2.29. The van der Waals surface area contributed by atoms with E-state index in [1.54, 1.807) is 0 Å². The first kappa shape index (κ1) is 37.0. The average Bonchev–Trinajstić information content (AvgIpc) is 3.91. The third-order valence-electron chi connectivity index (χ3n) is 14.5. The van der Waals surface area contributed by atoms with Crippen molar-refractivity contribution >= 4 is 54.8 Å². The summed E-state index contributed by atoms with van der Waals surface area (Å²) < 4.78 is 4.75. The molecule has 2 heteroatoms. The molecule has 0 fully saturated rings. The van der Waals surface area contributed by atoms with Crippen molar-refractivity contribution < 1.29 is 0 Å². The molecule has 0 amide bonds. The molecule has 0 N–H and O–H groups in total. The standard InChI is InChI=1S/C64H42N2/c1-5-13-59-55(9-1)56-10-2-6-14-60(56)65(59)53-33-29-43(30-34-53)41-17-21-45(22-18-41)51-37-47-25-27-49-39-52(40-50-28-26-48(38-51)63(47)64(49)50)46-23-19-42(20-24-46)44-31-35-54(36-32-44)66-61-15-7-3-11-57(61)58-12-4-8-16-62(58)66/h1-40,63-64H. The molecule has 14 rings (SSSR count). The summed E-state index contributed by atoms with van der Waals surface area (Å²) >= 11 is 0. The highest BCUT2D eigenvalue weighted by atomic mass is 15.0. The molecule has 2 unspecified atom stereocenters. The Labute approximate surface area is 383 Å². The summed E-state index contributed by atoms with van der Waals surface area (Å²) in [5.74, 6) is 0.672. The molecule has 308 valence electrons. The quantitative estimate of drug-likeness (QED) is 0.158. The number of nitrogens with zero attached hydrogens (tertiary/aromatic N) is 2. The lowest BCUT2D eigenvalue weighted by Gasteiger charge is -2.40. The van der Waals surface area contributed by atoms with Crippen LogP contribution in [0.15, 0.2) is 265 Å². The Morgan fingerprint density at radius 3 is 0.879 bits per heavy atom. The van der Waals surface area contributed by atoms with E-state index in [0.717, 1.165) is 0 Å². The van der Waals surface area contributed by atoms with Crippen LogP contribution in [-0.4, -0.2) is 9.13 Å². The van der Waals surface area contributed by atoms with Gasteiger partial charge in [0.15, 0.2) is 0 Å². The van der Waals surface area contributed by atoms with Crippen molar-refractivity contribution in [3.8, 4) is 33.6 Å². The van der Waals surface area contributed by atoms with Gasteiger partial charge in [-0.3, -0.25) is 0 Å². The van der Waals surface area contributed by atoms with Crippen molar-refractivity contribution in [1.82, 2.24) is 9.13 Å².